The largest absolute Gasteiger partial charge is 0.469 e. The first-order valence-electron chi connectivity index (χ1n) is 9.12. The molecule has 5 nitrogen and oxygen atoms in total. The molecule has 0 unspecified atom stereocenters. The van der Waals surface area contributed by atoms with E-state index >= 15 is 0 Å². The van der Waals surface area contributed by atoms with Crippen molar-refractivity contribution >= 4 is 12.0 Å². The predicted octanol–water partition coefficient (Wildman–Crippen LogP) is 4.39. The fourth-order valence-corrected chi connectivity index (χ4v) is 3.02. The summed E-state index contributed by atoms with van der Waals surface area (Å²) in [5.74, 6) is -1.22. The smallest absolute Gasteiger partial charge is 0.416 e. The molecule has 0 spiro atoms. The molecule has 0 saturated carbocycles. The molecule has 9 heteroatoms. The summed E-state index contributed by atoms with van der Waals surface area (Å²) >= 11 is 0. The number of hydrogen-bond acceptors (Lipinski definition) is 3. The van der Waals surface area contributed by atoms with E-state index < -0.39 is 29.6 Å². The number of benzene rings is 2. The van der Waals surface area contributed by atoms with E-state index in [1.54, 1.807) is 6.92 Å². The maximum absolute atomic E-state index is 14.2. The van der Waals surface area contributed by atoms with Gasteiger partial charge in [0.05, 0.1) is 19.1 Å². The number of urea groups is 1. The molecule has 1 N–H and O–H groups in total. The summed E-state index contributed by atoms with van der Waals surface area (Å²) in [5, 5.41) is 2.44. The van der Waals surface area contributed by atoms with E-state index in [0.29, 0.717) is 16.7 Å². The molecule has 0 radical (unpaired) electrons. The van der Waals surface area contributed by atoms with Gasteiger partial charge in [0.25, 0.3) is 0 Å². The first-order valence-corrected chi connectivity index (χ1v) is 9.12. The lowest BCUT2D eigenvalue weighted by molar-refractivity contribution is -0.140. The first kappa shape index (κ1) is 23.2. The molecule has 0 heterocycles. The summed E-state index contributed by atoms with van der Waals surface area (Å²) in [4.78, 5) is 24.9. The fourth-order valence-electron chi connectivity index (χ4n) is 3.02. The second kappa shape index (κ2) is 9.60. The van der Waals surface area contributed by atoms with Gasteiger partial charge in [-0.25, -0.2) is 9.18 Å². The van der Waals surface area contributed by atoms with E-state index in [-0.39, 0.29) is 25.1 Å². The normalized spacial score (nSPS) is 11.2. The van der Waals surface area contributed by atoms with E-state index in [1.807, 2.05) is 0 Å². The Kier molecular flexibility index (Phi) is 7.42. The number of ether oxygens (including phenoxy) is 1. The zero-order valence-corrected chi connectivity index (χ0v) is 16.8. The second-order valence-corrected chi connectivity index (χ2v) is 6.54. The Labute approximate surface area is 171 Å². The number of hydrogen-bond donors (Lipinski definition) is 1. The van der Waals surface area contributed by atoms with Crippen LogP contribution < -0.4 is 5.32 Å². The average Bonchev–Trinajstić information content (AvgIpc) is 2.69. The van der Waals surface area contributed by atoms with Crippen LogP contribution in [0.1, 0.15) is 23.6 Å². The summed E-state index contributed by atoms with van der Waals surface area (Å²) in [6, 6.07) is 6.49. The van der Waals surface area contributed by atoms with Crippen molar-refractivity contribution in [2.24, 2.45) is 0 Å². The van der Waals surface area contributed by atoms with Gasteiger partial charge in [0.2, 0.25) is 0 Å². The summed E-state index contributed by atoms with van der Waals surface area (Å²) in [6.45, 7) is 1.84. The van der Waals surface area contributed by atoms with Crippen LogP contribution in [0.25, 0.3) is 11.1 Å². The Bertz CT molecular complexity index is 929. The molecule has 0 aromatic heterocycles. The van der Waals surface area contributed by atoms with Crippen LogP contribution in [0.4, 0.5) is 22.4 Å². The van der Waals surface area contributed by atoms with Crippen molar-refractivity contribution in [3.05, 3.63) is 58.9 Å². The van der Waals surface area contributed by atoms with Gasteiger partial charge in [-0.15, -0.1) is 0 Å². The lowest BCUT2D eigenvalue weighted by atomic mass is 9.95. The molecule has 162 valence electrons. The first-order chi connectivity index (χ1) is 14.1. The number of halogens is 4. The summed E-state index contributed by atoms with van der Waals surface area (Å²) in [7, 11) is 2.62. The van der Waals surface area contributed by atoms with Gasteiger partial charge >= 0.3 is 18.2 Å². The molecular formula is C21H22F4N2O3. The average molecular weight is 426 g/mol. The molecule has 2 aromatic rings. The number of amides is 2. The van der Waals surface area contributed by atoms with Crippen molar-refractivity contribution in [1.29, 1.82) is 0 Å². The van der Waals surface area contributed by atoms with Crippen LogP contribution in [0.15, 0.2) is 36.4 Å². The quantitative estimate of drug-likeness (QED) is 0.551. The van der Waals surface area contributed by atoms with Crippen molar-refractivity contribution in [1.82, 2.24) is 10.2 Å². The van der Waals surface area contributed by atoms with Crippen molar-refractivity contribution in [3.8, 4) is 11.1 Å². The highest BCUT2D eigenvalue weighted by molar-refractivity contribution is 5.76. The fraction of sp³-hybridized carbons (Fsp3) is 0.333. The Morgan fingerprint density at radius 1 is 1.13 bits per heavy atom. The number of carbonyl (C=O) groups is 2. The Morgan fingerprint density at radius 2 is 1.83 bits per heavy atom. The summed E-state index contributed by atoms with van der Waals surface area (Å²) in [5.41, 5.74) is 0.271. The number of carbonyl (C=O) groups excluding carboxylic acids is 2. The second-order valence-electron chi connectivity index (χ2n) is 6.54. The van der Waals surface area contributed by atoms with Gasteiger partial charge in [-0.3, -0.25) is 4.79 Å². The SMILES string of the molecule is CCN(Cc1cc(C(F)(F)F)ccc1-c1cc(F)cc(CC(=O)OC)c1)C(=O)NC. The molecule has 30 heavy (non-hydrogen) atoms. The molecule has 0 aliphatic rings. The standard InChI is InChI=1S/C21H22F4N2O3/c1-4-27(20(29)26-2)12-15-10-16(21(23,24)25)5-6-18(15)14-7-13(8-17(22)11-14)9-19(28)30-3/h5-8,10-11H,4,9,12H2,1-3H3,(H,26,29). The van der Waals surface area contributed by atoms with Gasteiger partial charge in [0.15, 0.2) is 0 Å². The molecule has 0 fully saturated rings. The van der Waals surface area contributed by atoms with Crippen molar-refractivity contribution in [3.63, 3.8) is 0 Å². The maximum Gasteiger partial charge on any atom is 0.416 e. The molecule has 0 saturated heterocycles. The van der Waals surface area contributed by atoms with Gasteiger partial charge < -0.3 is 15.0 Å². The minimum atomic E-state index is -4.57. The van der Waals surface area contributed by atoms with Crippen molar-refractivity contribution in [2.75, 3.05) is 20.7 Å². The summed E-state index contributed by atoms with van der Waals surface area (Å²) in [6.07, 6.45) is -4.76. The molecule has 0 aliphatic carbocycles. The van der Waals surface area contributed by atoms with Gasteiger partial charge in [-0.1, -0.05) is 12.1 Å². The molecule has 2 rings (SSSR count). The predicted molar refractivity (Wildman–Crippen MR) is 103 cm³/mol. The van der Waals surface area contributed by atoms with Crippen LogP contribution in [-0.2, 0) is 28.7 Å². The monoisotopic (exact) mass is 426 g/mol. The molecule has 0 aliphatic heterocycles. The van der Waals surface area contributed by atoms with Crippen LogP contribution in [0, 0.1) is 5.82 Å². The minimum Gasteiger partial charge on any atom is -0.469 e. The molecule has 0 atom stereocenters. The molecule has 2 amide bonds. The van der Waals surface area contributed by atoms with Gasteiger partial charge in [0.1, 0.15) is 5.82 Å². The van der Waals surface area contributed by atoms with E-state index in [1.165, 1.54) is 37.3 Å². The third-order valence-electron chi connectivity index (χ3n) is 4.52. The lowest BCUT2D eigenvalue weighted by Gasteiger charge is -2.23. The minimum absolute atomic E-state index is 0.113. The highest BCUT2D eigenvalue weighted by Crippen LogP contribution is 2.34. The van der Waals surface area contributed by atoms with E-state index in [4.69, 9.17) is 0 Å². The lowest BCUT2D eigenvalue weighted by Crippen LogP contribution is -2.37. The van der Waals surface area contributed by atoms with E-state index in [9.17, 15) is 27.2 Å². The number of nitrogens with zero attached hydrogens (tertiary/aromatic N) is 1. The van der Waals surface area contributed by atoms with Crippen LogP contribution in [-0.4, -0.2) is 37.6 Å². The number of alkyl halides is 3. The zero-order valence-electron chi connectivity index (χ0n) is 16.8. The van der Waals surface area contributed by atoms with Crippen molar-refractivity contribution < 1.29 is 31.9 Å². The van der Waals surface area contributed by atoms with Gasteiger partial charge in [0, 0.05) is 20.1 Å². The van der Waals surface area contributed by atoms with Crippen LogP contribution in [0.3, 0.4) is 0 Å². The van der Waals surface area contributed by atoms with Crippen LogP contribution in [0.2, 0.25) is 0 Å². The highest BCUT2D eigenvalue weighted by Gasteiger charge is 2.31. The number of esters is 1. The number of methoxy groups -OCH3 is 1. The Balaban J connectivity index is 2.58. The summed E-state index contributed by atoms with van der Waals surface area (Å²) < 4.78 is 58.5. The van der Waals surface area contributed by atoms with E-state index in [0.717, 1.165) is 18.2 Å². The Hall–Kier alpha value is -3.10. The van der Waals surface area contributed by atoms with Crippen LogP contribution >= 0.6 is 0 Å². The molecule has 0 bridgehead atoms. The van der Waals surface area contributed by atoms with Crippen LogP contribution in [0.5, 0.6) is 0 Å². The third kappa shape index (κ3) is 5.71. The van der Waals surface area contributed by atoms with Crippen molar-refractivity contribution in [2.45, 2.75) is 26.1 Å². The topological polar surface area (TPSA) is 58.6 Å². The van der Waals surface area contributed by atoms with Gasteiger partial charge in [-0.05, 0) is 53.4 Å². The molecule has 2 aromatic carbocycles. The Morgan fingerprint density at radius 3 is 2.40 bits per heavy atom. The highest BCUT2D eigenvalue weighted by atomic mass is 19.4. The number of rotatable bonds is 6. The zero-order chi connectivity index (χ0) is 22.5. The van der Waals surface area contributed by atoms with E-state index in [2.05, 4.69) is 10.1 Å². The molecular weight excluding hydrogens is 404 g/mol. The maximum atomic E-state index is 14.2. The van der Waals surface area contributed by atoms with Gasteiger partial charge in [-0.2, -0.15) is 13.2 Å². The third-order valence-corrected chi connectivity index (χ3v) is 4.52. The number of nitrogens with one attached hydrogen (secondary N) is 1.